The maximum Gasteiger partial charge on any atom is 0.239 e. The minimum Gasteiger partial charge on any atom is -0.351 e. The zero-order valence-electron chi connectivity index (χ0n) is 17.1. The van der Waals surface area contributed by atoms with Crippen molar-refractivity contribution in [1.82, 2.24) is 10.2 Å². The van der Waals surface area contributed by atoms with E-state index in [9.17, 15) is 13.8 Å². The number of nitrogens with zero attached hydrogens (tertiary/aromatic N) is 1. The van der Waals surface area contributed by atoms with E-state index in [0.717, 1.165) is 11.1 Å². The Morgan fingerprint density at radius 2 is 1.94 bits per heavy atom. The lowest BCUT2D eigenvalue weighted by molar-refractivity contribution is -0.145. The van der Waals surface area contributed by atoms with Crippen molar-refractivity contribution in [3.8, 4) is 12.3 Å². The summed E-state index contributed by atoms with van der Waals surface area (Å²) in [6, 6.07) is 16.8. The average Bonchev–Trinajstić information content (AvgIpc) is 2.76. The number of likely N-dealkylation sites (tertiary alicyclic amines) is 1. The molecule has 7 heteroatoms. The molecule has 2 aromatic carbocycles. The summed E-state index contributed by atoms with van der Waals surface area (Å²) in [5, 5.41) is 3.17. The molecule has 1 N–H and O–H groups in total. The molecule has 2 aromatic rings. The summed E-state index contributed by atoms with van der Waals surface area (Å²) >= 11 is 6.25. The van der Waals surface area contributed by atoms with Crippen LogP contribution in [0.1, 0.15) is 30.4 Å². The Hall–Kier alpha value is -2.62. The number of hydrogen-bond donors (Lipinski definition) is 1. The minimum absolute atomic E-state index is 0.112. The van der Waals surface area contributed by atoms with Crippen LogP contribution in [0.15, 0.2) is 54.6 Å². The second-order valence-corrected chi connectivity index (χ2v) is 9.50. The van der Waals surface area contributed by atoms with Gasteiger partial charge in [0.15, 0.2) is 0 Å². The van der Waals surface area contributed by atoms with Crippen LogP contribution in [0.2, 0.25) is 5.02 Å². The van der Waals surface area contributed by atoms with Crippen LogP contribution in [0, 0.1) is 12.3 Å². The van der Waals surface area contributed by atoms with Gasteiger partial charge < -0.3 is 10.2 Å². The molecule has 3 atom stereocenters. The number of carbonyl (C=O) groups excluding carboxylic acids is 2. The van der Waals surface area contributed by atoms with Crippen LogP contribution >= 0.6 is 11.6 Å². The summed E-state index contributed by atoms with van der Waals surface area (Å²) in [7, 11) is -1.27. The van der Waals surface area contributed by atoms with Gasteiger partial charge in [-0.1, -0.05) is 60.1 Å². The number of nitrogens with one attached hydrogen (secondary N) is 1. The van der Waals surface area contributed by atoms with Crippen LogP contribution in [0.25, 0.3) is 0 Å². The van der Waals surface area contributed by atoms with Crippen molar-refractivity contribution in [2.45, 2.75) is 42.9 Å². The zero-order valence-corrected chi connectivity index (χ0v) is 18.7. The van der Waals surface area contributed by atoms with Crippen molar-refractivity contribution in [1.29, 1.82) is 0 Å². The quantitative estimate of drug-likeness (QED) is 0.440. The molecule has 3 rings (SSSR count). The lowest BCUT2D eigenvalue weighted by Crippen LogP contribution is -2.58. The van der Waals surface area contributed by atoms with E-state index in [1.165, 1.54) is 4.90 Å². The van der Waals surface area contributed by atoms with Gasteiger partial charge in [-0.15, -0.1) is 12.3 Å². The highest BCUT2D eigenvalue weighted by atomic mass is 35.5. The van der Waals surface area contributed by atoms with Gasteiger partial charge in [0.1, 0.15) is 11.9 Å². The van der Waals surface area contributed by atoms with Gasteiger partial charge in [-0.2, -0.15) is 0 Å². The third-order valence-corrected chi connectivity index (χ3v) is 7.23. The molecule has 2 amide bonds. The summed E-state index contributed by atoms with van der Waals surface area (Å²) in [5.41, 5.74) is 1.87. The number of β-lactam (4-membered cyclic amide) rings is 1. The minimum atomic E-state index is -1.27. The first-order chi connectivity index (χ1) is 15.0. The molecule has 3 unspecified atom stereocenters. The summed E-state index contributed by atoms with van der Waals surface area (Å²) in [5.74, 6) is 2.51. The smallest absolute Gasteiger partial charge is 0.239 e. The van der Waals surface area contributed by atoms with Gasteiger partial charge in [-0.05, 0) is 30.0 Å². The molecule has 1 fully saturated rings. The second kappa shape index (κ2) is 11.1. The first-order valence-corrected chi connectivity index (χ1v) is 11.9. The Balaban J connectivity index is 1.58. The molecule has 0 spiro atoms. The zero-order chi connectivity index (χ0) is 22.2. The highest BCUT2D eigenvalue weighted by Gasteiger charge is 2.41. The van der Waals surface area contributed by atoms with Crippen molar-refractivity contribution in [2.75, 3.05) is 6.54 Å². The SMILES string of the molecule is C#CCCC(Cc1ccccc1Cl)NC(=O)CN1C(=O)CC1S(=O)Cc1ccccc1. The maximum atomic E-state index is 12.7. The predicted octanol–water partition coefficient (Wildman–Crippen LogP) is 3.29. The van der Waals surface area contributed by atoms with Crippen LogP contribution < -0.4 is 5.32 Å². The highest BCUT2D eigenvalue weighted by molar-refractivity contribution is 7.85. The van der Waals surface area contributed by atoms with Gasteiger partial charge in [0, 0.05) is 28.3 Å². The molecule has 0 saturated carbocycles. The number of benzene rings is 2. The van der Waals surface area contributed by atoms with Gasteiger partial charge in [0.25, 0.3) is 0 Å². The maximum absolute atomic E-state index is 12.7. The fraction of sp³-hybridized carbons (Fsp3) is 0.333. The fourth-order valence-electron chi connectivity index (χ4n) is 3.52. The van der Waals surface area contributed by atoms with Crippen molar-refractivity contribution in [3.05, 3.63) is 70.7 Å². The molecule has 1 aliphatic rings. The van der Waals surface area contributed by atoms with E-state index < -0.39 is 16.2 Å². The van der Waals surface area contributed by atoms with Crippen LogP contribution in [-0.4, -0.2) is 38.9 Å². The third kappa shape index (κ3) is 6.43. The average molecular weight is 457 g/mol. The van der Waals surface area contributed by atoms with E-state index in [0.29, 0.717) is 30.0 Å². The number of carbonyl (C=O) groups is 2. The van der Waals surface area contributed by atoms with Gasteiger partial charge in [-0.25, -0.2) is 0 Å². The molecule has 1 aliphatic heterocycles. The van der Waals surface area contributed by atoms with Crippen LogP contribution in [0.3, 0.4) is 0 Å². The molecule has 0 radical (unpaired) electrons. The lowest BCUT2D eigenvalue weighted by Gasteiger charge is -2.39. The highest BCUT2D eigenvalue weighted by Crippen LogP contribution is 2.24. The van der Waals surface area contributed by atoms with E-state index in [4.69, 9.17) is 18.0 Å². The van der Waals surface area contributed by atoms with E-state index in [1.54, 1.807) is 0 Å². The standard InChI is InChI=1S/C24H25ClN2O3S/c1-2-3-12-20(14-19-11-7-8-13-21(19)25)26-22(28)16-27-23(29)15-24(27)31(30)17-18-9-5-4-6-10-18/h1,4-11,13,20,24H,3,12,14-17H2,(H,26,28). The topological polar surface area (TPSA) is 66.5 Å². The monoisotopic (exact) mass is 456 g/mol. The molecule has 0 aliphatic carbocycles. The Morgan fingerprint density at radius 1 is 1.23 bits per heavy atom. The van der Waals surface area contributed by atoms with Crippen molar-refractivity contribution in [2.24, 2.45) is 0 Å². The molecular weight excluding hydrogens is 432 g/mol. The third-order valence-electron chi connectivity index (χ3n) is 5.21. The van der Waals surface area contributed by atoms with Crippen LogP contribution in [0.5, 0.6) is 0 Å². The molecule has 31 heavy (non-hydrogen) atoms. The molecule has 162 valence electrons. The number of amides is 2. The van der Waals surface area contributed by atoms with Crippen LogP contribution in [-0.2, 0) is 32.6 Å². The van der Waals surface area contributed by atoms with E-state index in [2.05, 4.69) is 11.2 Å². The predicted molar refractivity (Wildman–Crippen MR) is 124 cm³/mol. The van der Waals surface area contributed by atoms with Crippen molar-refractivity contribution in [3.63, 3.8) is 0 Å². The summed E-state index contributed by atoms with van der Waals surface area (Å²) in [6.45, 7) is -0.112. The molecule has 0 aromatic heterocycles. The number of halogens is 1. The summed E-state index contributed by atoms with van der Waals surface area (Å²) in [6.07, 6.45) is 7.26. The van der Waals surface area contributed by atoms with Crippen molar-refractivity contribution >= 4 is 34.2 Å². The van der Waals surface area contributed by atoms with Gasteiger partial charge in [-0.3, -0.25) is 13.8 Å². The fourth-order valence-corrected chi connectivity index (χ4v) is 5.26. The van der Waals surface area contributed by atoms with E-state index in [-0.39, 0.29) is 30.8 Å². The normalized spacial score (nSPS) is 17.4. The molecule has 1 saturated heterocycles. The lowest BCUT2D eigenvalue weighted by atomic mass is 10.0. The van der Waals surface area contributed by atoms with E-state index in [1.807, 2.05) is 54.6 Å². The first-order valence-electron chi connectivity index (χ1n) is 10.1. The second-order valence-electron chi connectivity index (χ2n) is 7.49. The van der Waals surface area contributed by atoms with Crippen molar-refractivity contribution < 1.29 is 13.8 Å². The Morgan fingerprint density at radius 3 is 2.61 bits per heavy atom. The Bertz CT molecular complexity index is 990. The number of hydrogen-bond acceptors (Lipinski definition) is 3. The molecule has 5 nitrogen and oxygen atoms in total. The summed E-state index contributed by atoms with van der Waals surface area (Å²) < 4.78 is 12.7. The van der Waals surface area contributed by atoms with E-state index >= 15 is 0 Å². The first kappa shape index (κ1) is 23.1. The van der Waals surface area contributed by atoms with Gasteiger partial charge in [0.2, 0.25) is 11.8 Å². The largest absolute Gasteiger partial charge is 0.351 e. The number of rotatable bonds is 10. The molecule has 1 heterocycles. The Kier molecular flexibility index (Phi) is 8.27. The van der Waals surface area contributed by atoms with Gasteiger partial charge >= 0.3 is 0 Å². The molecule has 0 bridgehead atoms. The molecular formula is C24H25ClN2O3S. The van der Waals surface area contributed by atoms with Crippen LogP contribution in [0.4, 0.5) is 0 Å². The number of terminal acetylenes is 1. The summed E-state index contributed by atoms with van der Waals surface area (Å²) in [4.78, 5) is 26.2. The Labute approximate surface area is 190 Å². The van der Waals surface area contributed by atoms with Gasteiger partial charge in [0.05, 0.1) is 12.2 Å².